The van der Waals surface area contributed by atoms with Gasteiger partial charge in [-0.3, -0.25) is 4.90 Å². The first-order chi connectivity index (χ1) is 14.5. The number of carbonyl (C=O) groups is 1. The number of amides is 2. The molecule has 0 aromatic heterocycles. The maximum absolute atomic E-state index is 12.7. The second-order valence-corrected chi connectivity index (χ2v) is 9.33. The molecule has 158 valence electrons. The zero-order valence-corrected chi connectivity index (χ0v) is 18.8. The quantitative estimate of drug-likeness (QED) is 0.658. The average Bonchev–Trinajstić information content (AvgIpc) is 2.76. The monoisotopic (exact) mass is 422 g/mol. The third-order valence-electron chi connectivity index (χ3n) is 5.50. The van der Waals surface area contributed by atoms with Crippen molar-refractivity contribution >= 4 is 23.5 Å². The molecule has 1 unspecified atom stereocenters. The lowest BCUT2D eigenvalue weighted by molar-refractivity contribution is 0.143. The van der Waals surface area contributed by atoms with Crippen LogP contribution in [0.25, 0.3) is 0 Å². The fourth-order valence-electron chi connectivity index (χ4n) is 3.41. The maximum Gasteiger partial charge on any atom is 0.321 e. The Morgan fingerprint density at radius 3 is 2.47 bits per heavy atom. The first-order valence-corrected chi connectivity index (χ1v) is 11.4. The minimum atomic E-state index is -0.0292. The number of nitriles is 1. The van der Waals surface area contributed by atoms with Crippen molar-refractivity contribution in [2.45, 2.75) is 43.9 Å². The normalized spacial score (nSPS) is 15.5. The van der Waals surface area contributed by atoms with E-state index in [0.29, 0.717) is 23.9 Å². The smallest absolute Gasteiger partial charge is 0.321 e. The van der Waals surface area contributed by atoms with Gasteiger partial charge in [0, 0.05) is 48.6 Å². The van der Waals surface area contributed by atoms with Crippen LogP contribution in [-0.4, -0.2) is 47.3 Å². The molecule has 1 fully saturated rings. The van der Waals surface area contributed by atoms with Crippen LogP contribution >= 0.6 is 11.8 Å². The Morgan fingerprint density at radius 1 is 1.17 bits per heavy atom. The number of nitrogens with zero attached hydrogens (tertiary/aromatic N) is 3. The van der Waals surface area contributed by atoms with Crippen molar-refractivity contribution in [3.05, 3.63) is 59.2 Å². The number of thioether (sulfide) groups is 1. The van der Waals surface area contributed by atoms with Crippen LogP contribution in [0.1, 0.15) is 37.0 Å². The van der Waals surface area contributed by atoms with Crippen LogP contribution in [-0.2, 0) is 6.54 Å². The molecule has 2 amide bonds. The SMILES string of the molecule is CCC(C)Sc1ccc(NC(=O)N2CCN(Cc3ccc(C#N)cc3)CC2)c(C)c1. The third-order valence-corrected chi connectivity index (χ3v) is 6.76. The summed E-state index contributed by atoms with van der Waals surface area (Å²) in [4.78, 5) is 18.2. The van der Waals surface area contributed by atoms with E-state index in [1.165, 1.54) is 10.5 Å². The van der Waals surface area contributed by atoms with E-state index in [0.717, 1.165) is 37.3 Å². The molecule has 2 aromatic carbocycles. The largest absolute Gasteiger partial charge is 0.322 e. The average molecular weight is 423 g/mol. The van der Waals surface area contributed by atoms with E-state index in [4.69, 9.17) is 5.26 Å². The summed E-state index contributed by atoms with van der Waals surface area (Å²) in [6.45, 7) is 10.4. The summed E-state index contributed by atoms with van der Waals surface area (Å²) in [5, 5.41) is 12.6. The van der Waals surface area contributed by atoms with Crippen molar-refractivity contribution in [3.8, 4) is 6.07 Å². The Bertz CT molecular complexity index is 898. The van der Waals surface area contributed by atoms with E-state index in [9.17, 15) is 4.79 Å². The zero-order valence-electron chi connectivity index (χ0n) is 18.0. The van der Waals surface area contributed by atoms with Gasteiger partial charge in [0.15, 0.2) is 0 Å². The van der Waals surface area contributed by atoms with Gasteiger partial charge in [0.1, 0.15) is 0 Å². The fourth-order valence-corrected chi connectivity index (χ4v) is 4.43. The number of urea groups is 1. The highest BCUT2D eigenvalue weighted by atomic mass is 32.2. The number of anilines is 1. The number of rotatable bonds is 6. The van der Waals surface area contributed by atoms with Gasteiger partial charge in [-0.2, -0.15) is 5.26 Å². The van der Waals surface area contributed by atoms with E-state index in [-0.39, 0.29) is 6.03 Å². The van der Waals surface area contributed by atoms with Crippen LogP contribution in [0, 0.1) is 18.3 Å². The van der Waals surface area contributed by atoms with Crippen molar-refractivity contribution < 1.29 is 4.79 Å². The molecule has 30 heavy (non-hydrogen) atoms. The molecule has 1 heterocycles. The molecule has 1 saturated heterocycles. The molecule has 0 spiro atoms. The molecule has 1 N–H and O–H groups in total. The minimum Gasteiger partial charge on any atom is -0.322 e. The summed E-state index contributed by atoms with van der Waals surface area (Å²) < 4.78 is 0. The number of hydrogen-bond acceptors (Lipinski definition) is 4. The lowest BCUT2D eigenvalue weighted by atomic mass is 10.1. The first kappa shape index (κ1) is 22.2. The van der Waals surface area contributed by atoms with E-state index in [1.54, 1.807) is 0 Å². The van der Waals surface area contributed by atoms with Crippen LogP contribution < -0.4 is 5.32 Å². The molecule has 6 heteroatoms. The summed E-state index contributed by atoms with van der Waals surface area (Å²) in [5.74, 6) is 0. The second-order valence-electron chi connectivity index (χ2n) is 7.82. The van der Waals surface area contributed by atoms with Gasteiger partial charge in [-0.1, -0.05) is 26.0 Å². The van der Waals surface area contributed by atoms with Gasteiger partial charge >= 0.3 is 6.03 Å². The van der Waals surface area contributed by atoms with E-state index < -0.39 is 0 Å². The Hall–Kier alpha value is -2.49. The van der Waals surface area contributed by atoms with Crippen LogP contribution in [0.5, 0.6) is 0 Å². The Kier molecular flexibility index (Phi) is 7.78. The van der Waals surface area contributed by atoms with Gasteiger partial charge < -0.3 is 10.2 Å². The van der Waals surface area contributed by atoms with Gasteiger partial charge in [-0.25, -0.2) is 4.79 Å². The molecular formula is C24H30N4OS. The van der Waals surface area contributed by atoms with Crippen molar-refractivity contribution in [3.63, 3.8) is 0 Å². The number of aryl methyl sites for hydroxylation is 1. The van der Waals surface area contributed by atoms with Gasteiger partial charge in [0.25, 0.3) is 0 Å². The highest BCUT2D eigenvalue weighted by Crippen LogP contribution is 2.28. The standard InChI is InChI=1S/C24H30N4OS/c1-4-19(3)30-22-9-10-23(18(2)15-22)26-24(29)28-13-11-27(12-14-28)17-21-7-5-20(16-25)6-8-21/h5-10,15,19H,4,11-14,17H2,1-3H3,(H,26,29). The molecule has 2 aromatic rings. The van der Waals surface area contributed by atoms with Gasteiger partial charge in [0.2, 0.25) is 0 Å². The Labute approximate surface area is 184 Å². The summed E-state index contributed by atoms with van der Waals surface area (Å²) in [5.41, 5.74) is 3.85. The van der Waals surface area contributed by atoms with Gasteiger partial charge in [0.05, 0.1) is 11.6 Å². The third kappa shape index (κ3) is 6.01. The molecule has 1 aliphatic rings. The van der Waals surface area contributed by atoms with Crippen molar-refractivity contribution in [2.24, 2.45) is 0 Å². The van der Waals surface area contributed by atoms with E-state index in [1.807, 2.05) is 53.9 Å². The second kappa shape index (κ2) is 10.5. The van der Waals surface area contributed by atoms with E-state index >= 15 is 0 Å². The Morgan fingerprint density at radius 2 is 1.87 bits per heavy atom. The van der Waals surface area contributed by atoms with Gasteiger partial charge in [-0.05, 0) is 54.8 Å². The first-order valence-electron chi connectivity index (χ1n) is 10.5. The molecular weight excluding hydrogens is 392 g/mol. The van der Waals surface area contributed by atoms with Crippen molar-refractivity contribution in [1.82, 2.24) is 9.80 Å². The summed E-state index contributed by atoms with van der Waals surface area (Å²) in [6, 6.07) is 16.1. The molecule has 0 saturated carbocycles. The Balaban J connectivity index is 1.49. The number of benzene rings is 2. The fraction of sp³-hybridized carbons (Fsp3) is 0.417. The van der Waals surface area contributed by atoms with Gasteiger partial charge in [-0.15, -0.1) is 11.8 Å². The van der Waals surface area contributed by atoms with Crippen LogP contribution in [0.3, 0.4) is 0 Å². The maximum atomic E-state index is 12.7. The molecule has 5 nitrogen and oxygen atoms in total. The molecule has 0 radical (unpaired) electrons. The molecule has 0 aliphatic carbocycles. The minimum absolute atomic E-state index is 0.0292. The number of piperazine rings is 1. The lowest BCUT2D eigenvalue weighted by Crippen LogP contribution is -2.49. The van der Waals surface area contributed by atoms with Crippen LogP contribution in [0.15, 0.2) is 47.4 Å². The van der Waals surface area contributed by atoms with Crippen LogP contribution in [0.2, 0.25) is 0 Å². The topological polar surface area (TPSA) is 59.4 Å². The van der Waals surface area contributed by atoms with E-state index in [2.05, 4.69) is 42.3 Å². The zero-order chi connectivity index (χ0) is 21.5. The summed E-state index contributed by atoms with van der Waals surface area (Å²) >= 11 is 1.87. The molecule has 3 rings (SSSR count). The van der Waals surface area contributed by atoms with Crippen LogP contribution in [0.4, 0.5) is 10.5 Å². The van der Waals surface area contributed by atoms with Crippen molar-refractivity contribution in [1.29, 1.82) is 5.26 Å². The number of nitrogens with one attached hydrogen (secondary N) is 1. The molecule has 1 atom stereocenters. The number of carbonyl (C=O) groups excluding carboxylic acids is 1. The lowest BCUT2D eigenvalue weighted by Gasteiger charge is -2.34. The summed E-state index contributed by atoms with van der Waals surface area (Å²) in [6.07, 6.45) is 1.14. The highest BCUT2D eigenvalue weighted by molar-refractivity contribution is 7.99. The predicted molar refractivity (Wildman–Crippen MR) is 124 cm³/mol. The highest BCUT2D eigenvalue weighted by Gasteiger charge is 2.21. The summed E-state index contributed by atoms with van der Waals surface area (Å²) in [7, 11) is 0. The molecule has 0 bridgehead atoms. The molecule has 1 aliphatic heterocycles. The predicted octanol–water partition coefficient (Wildman–Crippen LogP) is 5.11. The number of hydrogen-bond donors (Lipinski definition) is 1. The van der Waals surface area contributed by atoms with Crippen molar-refractivity contribution in [2.75, 3.05) is 31.5 Å².